The molecule has 3 nitrogen and oxygen atoms in total. The molecule has 1 saturated heterocycles. The van der Waals surface area contributed by atoms with Crippen molar-refractivity contribution in [2.24, 2.45) is 5.92 Å². The van der Waals surface area contributed by atoms with Gasteiger partial charge in [-0.2, -0.15) is 5.06 Å². The lowest BCUT2D eigenvalue weighted by atomic mass is 9.69. The van der Waals surface area contributed by atoms with Gasteiger partial charge in [0.15, 0.2) is 0 Å². The minimum absolute atomic E-state index is 0.170. The van der Waals surface area contributed by atoms with E-state index < -0.39 is 0 Å². The van der Waals surface area contributed by atoms with Gasteiger partial charge in [0, 0.05) is 23.6 Å². The molecule has 102 valence electrons. The Bertz CT molecular complexity index is 259. The van der Waals surface area contributed by atoms with Crippen molar-refractivity contribution in [2.45, 2.75) is 78.0 Å². The standard InChI is InChI=1S/C14H29NO2/c1-7-13(5)10-12(17-9-3)11(4)14(6,8-2)15(13)16/h11-12,16H,7-10H2,1-6H3. The van der Waals surface area contributed by atoms with Crippen LogP contribution in [0.25, 0.3) is 0 Å². The molecule has 1 rings (SSSR count). The molecular weight excluding hydrogens is 214 g/mol. The van der Waals surface area contributed by atoms with Crippen molar-refractivity contribution in [1.29, 1.82) is 0 Å². The normalized spacial score (nSPS) is 43.9. The number of rotatable bonds is 4. The molecule has 0 aromatic rings. The van der Waals surface area contributed by atoms with Gasteiger partial charge in [-0.05, 0) is 40.0 Å². The van der Waals surface area contributed by atoms with E-state index in [9.17, 15) is 5.21 Å². The number of ether oxygens (including phenoxy) is 1. The van der Waals surface area contributed by atoms with Crippen LogP contribution in [0.4, 0.5) is 0 Å². The molecule has 4 unspecified atom stereocenters. The molecule has 0 bridgehead atoms. The van der Waals surface area contributed by atoms with E-state index in [1.54, 1.807) is 5.06 Å². The number of hydroxylamine groups is 2. The average molecular weight is 243 g/mol. The van der Waals surface area contributed by atoms with E-state index in [2.05, 4.69) is 34.6 Å². The first-order chi connectivity index (χ1) is 7.85. The van der Waals surface area contributed by atoms with Gasteiger partial charge >= 0.3 is 0 Å². The van der Waals surface area contributed by atoms with Gasteiger partial charge in [-0.25, -0.2) is 0 Å². The lowest BCUT2D eigenvalue weighted by Crippen LogP contribution is -2.66. The highest BCUT2D eigenvalue weighted by Gasteiger charge is 2.52. The van der Waals surface area contributed by atoms with E-state index in [0.29, 0.717) is 5.92 Å². The zero-order valence-electron chi connectivity index (χ0n) is 12.3. The van der Waals surface area contributed by atoms with E-state index in [4.69, 9.17) is 4.74 Å². The first-order valence-corrected chi connectivity index (χ1v) is 6.96. The summed E-state index contributed by atoms with van der Waals surface area (Å²) in [6.07, 6.45) is 3.03. The number of nitrogens with zero attached hydrogens (tertiary/aromatic N) is 1. The summed E-state index contributed by atoms with van der Waals surface area (Å²) < 4.78 is 5.90. The highest BCUT2D eigenvalue weighted by molar-refractivity contribution is 5.03. The van der Waals surface area contributed by atoms with Crippen LogP contribution in [0.5, 0.6) is 0 Å². The monoisotopic (exact) mass is 243 g/mol. The Kier molecular flexibility index (Phi) is 4.61. The Morgan fingerprint density at radius 3 is 2.24 bits per heavy atom. The van der Waals surface area contributed by atoms with E-state index in [1.807, 2.05) is 6.92 Å². The third-order valence-electron chi connectivity index (χ3n) is 5.03. The van der Waals surface area contributed by atoms with Crippen LogP contribution in [0.2, 0.25) is 0 Å². The molecule has 0 saturated carbocycles. The second-order valence-electron chi connectivity index (χ2n) is 5.86. The maximum atomic E-state index is 10.6. The van der Waals surface area contributed by atoms with Crippen LogP contribution in [-0.2, 0) is 4.74 Å². The Morgan fingerprint density at radius 1 is 1.24 bits per heavy atom. The van der Waals surface area contributed by atoms with E-state index >= 15 is 0 Å². The lowest BCUT2D eigenvalue weighted by Gasteiger charge is -2.57. The first kappa shape index (κ1) is 14.9. The molecule has 1 heterocycles. The van der Waals surface area contributed by atoms with E-state index in [1.165, 1.54) is 0 Å². The molecule has 3 heteroatoms. The van der Waals surface area contributed by atoms with Crippen LogP contribution in [0.15, 0.2) is 0 Å². The average Bonchev–Trinajstić information content (AvgIpc) is 2.33. The van der Waals surface area contributed by atoms with Gasteiger partial charge in [0.1, 0.15) is 0 Å². The van der Waals surface area contributed by atoms with Crippen molar-refractivity contribution >= 4 is 0 Å². The zero-order chi connectivity index (χ0) is 13.3. The summed E-state index contributed by atoms with van der Waals surface area (Å²) in [5.41, 5.74) is -0.361. The third kappa shape index (κ3) is 2.38. The van der Waals surface area contributed by atoms with Crippen LogP contribution in [-0.4, -0.2) is 34.1 Å². The summed E-state index contributed by atoms with van der Waals surface area (Å²) in [4.78, 5) is 0. The first-order valence-electron chi connectivity index (χ1n) is 6.96. The van der Waals surface area contributed by atoms with Crippen molar-refractivity contribution in [3.05, 3.63) is 0 Å². The van der Waals surface area contributed by atoms with E-state index in [0.717, 1.165) is 25.9 Å². The highest BCUT2D eigenvalue weighted by Crippen LogP contribution is 2.45. The predicted octanol–water partition coefficient (Wildman–Crippen LogP) is 3.46. The predicted molar refractivity (Wildman–Crippen MR) is 70.2 cm³/mol. The Hall–Kier alpha value is -0.120. The summed E-state index contributed by atoms with van der Waals surface area (Å²) in [5, 5.41) is 12.2. The molecule has 0 spiro atoms. The molecule has 1 N–H and O–H groups in total. The summed E-state index contributed by atoms with van der Waals surface area (Å²) in [6, 6.07) is 0. The molecule has 0 aromatic carbocycles. The fraction of sp³-hybridized carbons (Fsp3) is 1.00. The minimum Gasteiger partial charge on any atom is -0.378 e. The summed E-state index contributed by atoms with van der Waals surface area (Å²) in [7, 11) is 0. The van der Waals surface area contributed by atoms with Gasteiger partial charge in [-0.1, -0.05) is 20.8 Å². The molecule has 0 aromatic heterocycles. The summed E-state index contributed by atoms with van der Waals surface area (Å²) in [6.45, 7) is 13.6. The van der Waals surface area contributed by atoms with Gasteiger partial charge in [0.2, 0.25) is 0 Å². The van der Waals surface area contributed by atoms with Gasteiger partial charge in [0.05, 0.1) is 6.10 Å². The van der Waals surface area contributed by atoms with Crippen LogP contribution < -0.4 is 0 Å². The van der Waals surface area contributed by atoms with Crippen LogP contribution in [0.1, 0.15) is 60.8 Å². The Balaban J connectivity index is 3.04. The van der Waals surface area contributed by atoms with Crippen LogP contribution in [0.3, 0.4) is 0 Å². The van der Waals surface area contributed by atoms with Gasteiger partial charge in [-0.3, -0.25) is 0 Å². The second-order valence-corrected chi connectivity index (χ2v) is 5.86. The SMILES string of the molecule is CCOC1CC(C)(CC)N(O)C(C)(CC)C1C. The Morgan fingerprint density at radius 2 is 1.82 bits per heavy atom. The lowest BCUT2D eigenvalue weighted by molar-refractivity contribution is -0.291. The molecule has 0 amide bonds. The van der Waals surface area contributed by atoms with Gasteiger partial charge < -0.3 is 9.94 Å². The van der Waals surface area contributed by atoms with Crippen molar-refractivity contribution in [1.82, 2.24) is 5.06 Å². The molecule has 4 atom stereocenters. The molecule has 0 aliphatic carbocycles. The highest BCUT2D eigenvalue weighted by atomic mass is 16.5. The summed E-state index contributed by atoms with van der Waals surface area (Å²) in [5.74, 6) is 0.345. The van der Waals surface area contributed by atoms with Gasteiger partial charge in [0.25, 0.3) is 0 Å². The largest absolute Gasteiger partial charge is 0.378 e. The van der Waals surface area contributed by atoms with E-state index in [-0.39, 0.29) is 17.2 Å². The van der Waals surface area contributed by atoms with Gasteiger partial charge in [-0.15, -0.1) is 0 Å². The van der Waals surface area contributed by atoms with Crippen molar-refractivity contribution in [3.8, 4) is 0 Å². The number of hydrogen-bond acceptors (Lipinski definition) is 3. The van der Waals surface area contributed by atoms with Crippen molar-refractivity contribution in [3.63, 3.8) is 0 Å². The maximum absolute atomic E-state index is 10.6. The fourth-order valence-corrected chi connectivity index (χ4v) is 3.09. The van der Waals surface area contributed by atoms with Crippen LogP contribution >= 0.6 is 0 Å². The summed E-state index contributed by atoms with van der Waals surface area (Å²) >= 11 is 0. The van der Waals surface area contributed by atoms with Crippen molar-refractivity contribution < 1.29 is 9.94 Å². The zero-order valence-corrected chi connectivity index (χ0v) is 12.3. The molecular formula is C14H29NO2. The third-order valence-corrected chi connectivity index (χ3v) is 5.03. The minimum atomic E-state index is -0.192. The smallest absolute Gasteiger partial charge is 0.0637 e. The quantitative estimate of drug-likeness (QED) is 0.820. The van der Waals surface area contributed by atoms with Crippen molar-refractivity contribution in [2.75, 3.05) is 6.61 Å². The number of piperidine rings is 1. The topological polar surface area (TPSA) is 32.7 Å². The maximum Gasteiger partial charge on any atom is 0.0637 e. The molecule has 0 radical (unpaired) electrons. The molecule has 1 fully saturated rings. The van der Waals surface area contributed by atoms with Crippen LogP contribution in [0, 0.1) is 5.92 Å². The number of hydrogen-bond donors (Lipinski definition) is 1. The second kappa shape index (κ2) is 5.25. The molecule has 1 aliphatic heterocycles. The molecule has 17 heavy (non-hydrogen) atoms. The fourth-order valence-electron chi connectivity index (χ4n) is 3.09. The Labute approximate surface area is 106 Å². The molecule has 1 aliphatic rings.